The van der Waals surface area contributed by atoms with Gasteiger partial charge in [-0.25, -0.2) is 23.9 Å². The second kappa shape index (κ2) is 19.6. The fraction of sp³-hybridized carbons (Fsp3) is 0.491. The number of fused-ring (bicyclic) bond motifs is 5. The molecule has 0 radical (unpaired) electrons. The van der Waals surface area contributed by atoms with Crippen LogP contribution in [0.2, 0.25) is 19.1 Å². The van der Waals surface area contributed by atoms with E-state index in [-0.39, 0.29) is 35.7 Å². The van der Waals surface area contributed by atoms with Crippen LogP contribution in [0.3, 0.4) is 0 Å². The lowest BCUT2D eigenvalue weighted by Gasteiger charge is -2.40. The van der Waals surface area contributed by atoms with Crippen molar-refractivity contribution in [3.05, 3.63) is 88.1 Å². The average molecular weight is 1060 g/mol. The van der Waals surface area contributed by atoms with Gasteiger partial charge in [0.05, 0.1) is 85.4 Å². The van der Waals surface area contributed by atoms with Gasteiger partial charge >= 0.3 is 12.2 Å². The smallest absolute Gasteiger partial charge is 0.407 e. The van der Waals surface area contributed by atoms with Crippen molar-refractivity contribution in [3.63, 3.8) is 0 Å². The minimum atomic E-state index is -1.91. The van der Waals surface area contributed by atoms with E-state index in [1.165, 1.54) is 25.2 Å². The van der Waals surface area contributed by atoms with Crippen LogP contribution < -0.4 is 15.4 Å². The standard InChI is InChI=1S/C55H66FN9O8SSi/c1-29(2)46(61-53(68)70-5)50(66)63-18-9-10-39(63)48-57-26-37(60-48)33-21-35(56)45-40-22-34-20-31(13-14-38(34)65(40)52(73-42(45)23-33)44-16-15-43(74-44)30-11-12-30)36-25-58-49(59-36)41-27-75(7,8)28-64(41)51(67)47(62-54(69)71-6)32-17-19-72-55(3,4)24-32/h13-16,20-23,25-26,29-30,32,39,41,46-47,52H,9-12,17-19,24,27-28H2,1-8H3,(H,57,60)(H,58,59)(H,61,68)(H,62,69)/t32-,39+,41+,46+,47+,52+/m1/s1. The first-order valence-corrected chi connectivity index (χ1v) is 30.4. The lowest BCUT2D eigenvalue weighted by atomic mass is 9.82. The minimum Gasteiger partial charge on any atom is -0.464 e. The van der Waals surface area contributed by atoms with E-state index >= 15 is 4.39 Å². The van der Waals surface area contributed by atoms with Gasteiger partial charge in [0.25, 0.3) is 0 Å². The van der Waals surface area contributed by atoms with Gasteiger partial charge in [0.2, 0.25) is 18.0 Å². The summed E-state index contributed by atoms with van der Waals surface area (Å²) in [4.78, 5) is 76.2. The molecule has 1 aliphatic carbocycles. The number of H-pyrrole nitrogens is 2. The second-order valence-electron chi connectivity index (χ2n) is 22.7. The summed E-state index contributed by atoms with van der Waals surface area (Å²) in [6.45, 7) is 13.3. The first kappa shape index (κ1) is 50.6. The van der Waals surface area contributed by atoms with E-state index < -0.39 is 50.0 Å². The van der Waals surface area contributed by atoms with Gasteiger partial charge in [0.1, 0.15) is 35.3 Å². The molecule has 4 amide bonds. The van der Waals surface area contributed by atoms with E-state index in [1.54, 1.807) is 22.4 Å². The van der Waals surface area contributed by atoms with E-state index in [1.807, 2.05) is 57.0 Å². The van der Waals surface area contributed by atoms with Crippen LogP contribution in [-0.4, -0.2) is 118 Å². The molecule has 20 heteroatoms. The number of thiophene rings is 1. The van der Waals surface area contributed by atoms with Crippen molar-refractivity contribution in [2.24, 2.45) is 11.8 Å². The molecule has 75 heavy (non-hydrogen) atoms. The molecule has 6 aromatic rings. The van der Waals surface area contributed by atoms with Gasteiger partial charge in [-0.05, 0) is 119 Å². The highest BCUT2D eigenvalue weighted by molar-refractivity contribution is 7.12. The molecular formula is C55H66FN9O8SSi. The third-order valence-electron chi connectivity index (χ3n) is 15.8. The Balaban J connectivity index is 0.905. The molecule has 4 N–H and O–H groups in total. The molecule has 396 valence electrons. The molecule has 8 heterocycles. The molecule has 5 aliphatic rings. The molecular weight excluding hydrogens is 994 g/mol. The van der Waals surface area contributed by atoms with Gasteiger partial charge in [-0.15, -0.1) is 11.3 Å². The van der Waals surface area contributed by atoms with Gasteiger partial charge in [0.15, 0.2) is 0 Å². The van der Waals surface area contributed by atoms with Crippen molar-refractivity contribution in [2.45, 2.75) is 127 Å². The van der Waals surface area contributed by atoms with Crippen molar-refractivity contribution < 1.29 is 42.5 Å². The molecule has 0 spiro atoms. The molecule has 6 atom stereocenters. The molecule has 0 unspecified atom stereocenters. The number of aromatic amines is 2. The number of hydrogen-bond acceptors (Lipinski definition) is 11. The Bertz CT molecular complexity index is 3190. The number of hydrogen-bond donors (Lipinski definition) is 4. The Kier molecular flexibility index (Phi) is 13.2. The van der Waals surface area contributed by atoms with Gasteiger partial charge < -0.3 is 49.3 Å². The number of carbonyl (C=O) groups excluding carboxylic acids is 4. The molecule has 4 aliphatic heterocycles. The fourth-order valence-electron chi connectivity index (χ4n) is 11.9. The van der Waals surface area contributed by atoms with Crippen LogP contribution in [0.25, 0.3) is 44.7 Å². The zero-order valence-corrected chi connectivity index (χ0v) is 45.6. The van der Waals surface area contributed by atoms with E-state index in [4.69, 9.17) is 28.9 Å². The highest BCUT2D eigenvalue weighted by Crippen LogP contribution is 2.51. The van der Waals surface area contributed by atoms with Crippen molar-refractivity contribution in [1.82, 2.24) is 44.9 Å². The first-order chi connectivity index (χ1) is 35.9. The topological polar surface area (TPSA) is 198 Å². The van der Waals surface area contributed by atoms with Crippen molar-refractivity contribution in [2.75, 3.05) is 33.5 Å². The summed E-state index contributed by atoms with van der Waals surface area (Å²) < 4.78 is 41.9. The van der Waals surface area contributed by atoms with Gasteiger partial charge in [-0.1, -0.05) is 33.0 Å². The zero-order chi connectivity index (χ0) is 52.7. The predicted molar refractivity (Wildman–Crippen MR) is 284 cm³/mol. The van der Waals surface area contributed by atoms with Crippen molar-refractivity contribution in [1.29, 1.82) is 0 Å². The predicted octanol–water partition coefficient (Wildman–Crippen LogP) is 10.2. The molecule has 2 aromatic carbocycles. The number of rotatable bonds is 12. The first-order valence-electron chi connectivity index (χ1n) is 26.2. The Labute approximate surface area is 440 Å². The lowest BCUT2D eigenvalue weighted by molar-refractivity contribution is -0.139. The van der Waals surface area contributed by atoms with E-state index in [9.17, 15) is 19.2 Å². The van der Waals surface area contributed by atoms with Gasteiger partial charge in [0, 0.05) is 40.7 Å². The number of amides is 4. The largest absolute Gasteiger partial charge is 0.464 e. The molecule has 1 saturated carbocycles. The summed E-state index contributed by atoms with van der Waals surface area (Å²) in [5, 5.41) is 6.49. The SMILES string of the molecule is COC(=O)N[C@H](C(=O)N1CCC[C@H]1c1ncc(-c2cc(F)c3c(c2)O[C@@H](c2ccc(C4CC4)s2)n2c-3cc3cc(-c4cnc([C@@H]5C[Si](C)(C)CN5C(=O)[C@@H](NC(=O)OC)[C@@H]5CCOC(C)(C)C5)[nH]4)ccc32)[nH]1)C(C)C. The summed E-state index contributed by atoms with van der Waals surface area (Å²) in [5.41, 5.74) is 4.27. The summed E-state index contributed by atoms with van der Waals surface area (Å²) >= 11 is 1.73. The number of nitrogens with one attached hydrogen (secondary N) is 4. The third kappa shape index (κ3) is 9.73. The molecule has 4 aromatic heterocycles. The van der Waals surface area contributed by atoms with Gasteiger partial charge in [-0.2, -0.15) is 0 Å². The maximum absolute atomic E-state index is 17.1. The van der Waals surface area contributed by atoms with Crippen molar-refractivity contribution in [3.8, 4) is 39.5 Å². The Morgan fingerprint density at radius 1 is 0.853 bits per heavy atom. The van der Waals surface area contributed by atoms with Crippen LogP contribution in [-0.2, 0) is 23.8 Å². The van der Waals surface area contributed by atoms with Crippen LogP contribution in [0.1, 0.15) is 112 Å². The van der Waals surface area contributed by atoms with E-state index in [0.717, 1.165) is 52.3 Å². The minimum absolute atomic E-state index is 0.132. The molecule has 0 bridgehead atoms. The molecule has 11 rings (SSSR count). The fourth-order valence-corrected chi connectivity index (χ4v) is 16.0. The van der Waals surface area contributed by atoms with Crippen LogP contribution >= 0.6 is 11.3 Å². The number of benzene rings is 2. The lowest BCUT2D eigenvalue weighted by Crippen LogP contribution is -2.55. The van der Waals surface area contributed by atoms with Crippen molar-refractivity contribution >= 4 is 54.3 Å². The van der Waals surface area contributed by atoms with Gasteiger partial charge in [-0.3, -0.25) is 14.2 Å². The van der Waals surface area contributed by atoms with Crippen LogP contribution in [0.15, 0.2) is 60.9 Å². The summed E-state index contributed by atoms with van der Waals surface area (Å²) in [5.74, 6) is 1.10. The van der Waals surface area contributed by atoms with E-state index in [2.05, 4.69) is 62.5 Å². The number of ether oxygens (including phenoxy) is 4. The summed E-state index contributed by atoms with van der Waals surface area (Å²) in [7, 11) is 0.673. The average Bonchev–Trinajstić information content (AvgIpc) is 4.06. The number of likely N-dealkylation sites (tertiary alicyclic amines) is 1. The Morgan fingerprint density at radius 3 is 2.27 bits per heavy atom. The number of aromatic nitrogens is 5. The monoisotopic (exact) mass is 1060 g/mol. The number of carbonyl (C=O) groups is 4. The number of imidazole rings is 2. The van der Waals surface area contributed by atoms with E-state index in [0.29, 0.717) is 84.4 Å². The summed E-state index contributed by atoms with van der Waals surface area (Å²) in [6, 6.07) is 14.5. The number of nitrogens with zero attached hydrogens (tertiary/aromatic N) is 5. The molecule has 4 fully saturated rings. The maximum atomic E-state index is 17.1. The maximum Gasteiger partial charge on any atom is 0.407 e. The highest BCUT2D eigenvalue weighted by atomic mass is 32.1. The normalized spacial score (nSPS) is 22.6. The van der Waals surface area contributed by atoms with Crippen LogP contribution in [0, 0.1) is 17.7 Å². The zero-order valence-electron chi connectivity index (χ0n) is 43.8. The number of halogens is 1. The third-order valence-corrected chi connectivity index (χ3v) is 19.8. The number of alkyl carbamates (subject to hydrolysis) is 2. The van der Waals surface area contributed by atoms with Crippen LogP contribution in [0.4, 0.5) is 14.0 Å². The number of methoxy groups -OCH3 is 2. The Hall–Kier alpha value is -6.51. The van der Waals surface area contributed by atoms with Crippen LogP contribution in [0.5, 0.6) is 5.75 Å². The second-order valence-corrected chi connectivity index (χ2v) is 28.9. The molecule has 17 nitrogen and oxygen atoms in total. The molecule has 3 saturated heterocycles. The summed E-state index contributed by atoms with van der Waals surface area (Å²) in [6.07, 6.45) is 7.24. The quantitative estimate of drug-likeness (QED) is 0.0856. The highest BCUT2D eigenvalue weighted by Gasteiger charge is 2.48. The Morgan fingerprint density at radius 2 is 1.56 bits per heavy atom.